The van der Waals surface area contributed by atoms with Gasteiger partial charge in [0, 0.05) is 31.7 Å². The second-order valence-electron chi connectivity index (χ2n) is 9.42. The fourth-order valence-corrected chi connectivity index (χ4v) is 6.46. The molecule has 1 unspecified atom stereocenters. The number of benzene rings is 1. The van der Waals surface area contributed by atoms with Gasteiger partial charge in [-0.1, -0.05) is 47.7 Å². The molecule has 1 aromatic heterocycles. The Morgan fingerprint density at radius 3 is 2.52 bits per heavy atom. The fourth-order valence-electron chi connectivity index (χ4n) is 4.12. The minimum absolute atomic E-state index is 0. The third-order valence-corrected chi connectivity index (χ3v) is 8.64. The van der Waals surface area contributed by atoms with Crippen molar-refractivity contribution < 1.29 is 58.6 Å². The number of urea groups is 1. The molecule has 0 radical (unpaired) electrons. The normalized spacial score (nSPS) is 18.1. The summed E-state index contributed by atoms with van der Waals surface area (Å²) in [7, 11) is 2.94. The van der Waals surface area contributed by atoms with Crippen molar-refractivity contribution in [2.45, 2.75) is 36.5 Å². The largest absolute Gasteiger partial charge is 1.00 e. The number of amides is 5. The van der Waals surface area contributed by atoms with Crippen LogP contribution in [0.25, 0.3) is 0 Å². The van der Waals surface area contributed by atoms with Gasteiger partial charge in [0.2, 0.25) is 11.1 Å². The molecule has 3 heterocycles. The van der Waals surface area contributed by atoms with Crippen molar-refractivity contribution in [1.29, 1.82) is 0 Å². The second-order valence-corrected chi connectivity index (χ2v) is 11.5. The molecule has 1 fully saturated rings. The molecule has 5 amide bonds. The van der Waals surface area contributed by atoms with Crippen LogP contribution >= 0.6 is 23.5 Å². The summed E-state index contributed by atoms with van der Waals surface area (Å²) in [6.45, 7) is 3.43. The number of imide groups is 1. The van der Waals surface area contributed by atoms with E-state index < -0.39 is 47.2 Å². The van der Waals surface area contributed by atoms with E-state index in [0.717, 1.165) is 9.80 Å². The SMILES string of the molecule is CC(C)=CC(=O)N(C)C(=O)N[C@@H](C(=O)NC1C(=O)N2C(C(=O)[O-])=C(CSc3nnnn3C)CS[C@H]12)c1ccccc1.[Na+]. The molecule has 1 aromatic carbocycles. The number of aliphatic carboxylic acids is 1. The number of carboxylic acid groups (broad SMARTS) is 1. The number of rotatable bonds is 9. The molecule has 14 nitrogen and oxygen atoms in total. The summed E-state index contributed by atoms with van der Waals surface area (Å²) in [5, 5.41) is 28.2. The number of β-lactam (4-membered cyclic amide) rings is 1. The van der Waals surface area contributed by atoms with Crippen LogP contribution in [-0.2, 0) is 26.2 Å². The van der Waals surface area contributed by atoms with E-state index in [2.05, 4.69) is 26.2 Å². The number of nitrogens with zero attached hydrogens (tertiary/aromatic N) is 6. The first kappa shape index (κ1) is 33.3. The van der Waals surface area contributed by atoms with Gasteiger partial charge in [-0.25, -0.2) is 9.48 Å². The van der Waals surface area contributed by atoms with Gasteiger partial charge in [0.25, 0.3) is 11.8 Å². The first-order valence-electron chi connectivity index (χ1n) is 12.3. The number of carbonyl (C=O) groups excluding carboxylic acids is 5. The molecule has 2 N–H and O–H groups in total. The summed E-state index contributed by atoms with van der Waals surface area (Å²) >= 11 is 2.52. The van der Waals surface area contributed by atoms with Crippen molar-refractivity contribution in [2.75, 3.05) is 18.6 Å². The molecule has 0 saturated carbocycles. The van der Waals surface area contributed by atoms with Gasteiger partial charge < -0.3 is 20.5 Å². The number of thioether (sulfide) groups is 2. The Balaban J connectivity index is 0.00000484. The van der Waals surface area contributed by atoms with Gasteiger partial charge in [-0.05, 0) is 35.4 Å². The molecular formula is C25H27N8NaO6S2. The molecule has 4 rings (SSSR count). The van der Waals surface area contributed by atoms with Crippen molar-refractivity contribution in [3.63, 3.8) is 0 Å². The molecule has 216 valence electrons. The molecule has 0 aliphatic carbocycles. The van der Waals surface area contributed by atoms with Gasteiger partial charge in [0.05, 0.1) is 11.7 Å². The van der Waals surface area contributed by atoms with E-state index >= 15 is 0 Å². The molecule has 17 heteroatoms. The van der Waals surface area contributed by atoms with E-state index in [1.807, 2.05) is 0 Å². The van der Waals surface area contributed by atoms with Crippen LogP contribution in [0.15, 0.2) is 58.4 Å². The summed E-state index contributed by atoms with van der Waals surface area (Å²) in [5.74, 6) is -2.88. The fraction of sp³-hybridized carbons (Fsp3) is 0.360. The van der Waals surface area contributed by atoms with Crippen LogP contribution < -0.4 is 45.3 Å². The molecule has 2 aliphatic heterocycles. The number of tetrazole rings is 1. The molecule has 2 aliphatic rings. The predicted molar refractivity (Wildman–Crippen MR) is 146 cm³/mol. The van der Waals surface area contributed by atoms with E-state index in [9.17, 15) is 29.1 Å². The van der Waals surface area contributed by atoms with Gasteiger partial charge in [-0.2, -0.15) is 0 Å². The topological polar surface area (TPSA) is 183 Å². The van der Waals surface area contributed by atoms with Gasteiger partial charge in [0.15, 0.2) is 0 Å². The number of aryl methyl sites for hydroxylation is 1. The number of likely N-dealkylation sites (N-methyl/N-ethyl adjacent to an activating group) is 1. The average Bonchev–Trinajstić information content (AvgIpc) is 3.36. The smallest absolute Gasteiger partial charge is 0.543 e. The number of aromatic nitrogens is 4. The minimum Gasteiger partial charge on any atom is -0.543 e. The maximum absolute atomic E-state index is 13.4. The van der Waals surface area contributed by atoms with E-state index in [4.69, 9.17) is 0 Å². The third kappa shape index (κ3) is 7.23. The summed E-state index contributed by atoms with van der Waals surface area (Å²) in [6.07, 6.45) is 1.29. The van der Waals surface area contributed by atoms with Crippen molar-refractivity contribution >= 4 is 53.2 Å². The Kier molecular flexibility index (Phi) is 11.4. The van der Waals surface area contributed by atoms with Gasteiger partial charge in [0.1, 0.15) is 17.5 Å². The minimum atomic E-state index is -1.50. The zero-order valence-electron chi connectivity index (χ0n) is 23.6. The number of allylic oxidation sites excluding steroid dienone is 1. The molecule has 0 spiro atoms. The molecule has 2 aromatic rings. The summed E-state index contributed by atoms with van der Waals surface area (Å²) in [5.41, 5.74) is 1.35. The van der Waals surface area contributed by atoms with Crippen LogP contribution in [-0.4, -0.2) is 89.7 Å². The zero-order valence-corrected chi connectivity index (χ0v) is 27.2. The Hall–Kier alpha value is -3.18. The standard InChI is InChI=1S/C25H28N8O6S2.Na/c1-13(2)10-16(34)31(3)24(39)27-17(14-8-6-5-7-9-14)20(35)26-18-21(36)33-19(23(37)38)15(11-40-22(18)33)12-41-25-28-29-30-32(25)4;/h5-10,17-18,22H,11-12H2,1-4H3,(H,26,35)(H,27,39)(H,37,38);/q;+1/p-1/t17-,18?,22-;/m1./s1. The van der Waals surface area contributed by atoms with Crippen LogP contribution in [0.4, 0.5) is 4.79 Å². The first-order valence-corrected chi connectivity index (χ1v) is 14.3. The number of nitrogens with one attached hydrogen (secondary N) is 2. The second kappa shape index (κ2) is 14.3. The van der Waals surface area contributed by atoms with Crippen molar-refractivity contribution in [3.8, 4) is 0 Å². The van der Waals surface area contributed by atoms with Crippen LogP contribution in [0.5, 0.6) is 0 Å². The van der Waals surface area contributed by atoms with Gasteiger partial charge >= 0.3 is 35.6 Å². The van der Waals surface area contributed by atoms with Crippen LogP contribution in [0.2, 0.25) is 0 Å². The van der Waals surface area contributed by atoms with Crippen LogP contribution in [0.3, 0.4) is 0 Å². The maximum Gasteiger partial charge on any atom is 1.00 e. The van der Waals surface area contributed by atoms with Crippen LogP contribution in [0, 0.1) is 0 Å². The van der Waals surface area contributed by atoms with Gasteiger partial charge in [-0.15, -0.1) is 16.9 Å². The average molecular weight is 623 g/mol. The molecule has 1 saturated heterocycles. The molecule has 3 atom stereocenters. The summed E-state index contributed by atoms with van der Waals surface area (Å²) in [4.78, 5) is 65.8. The molecule has 42 heavy (non-hydrogen) atoms. The Morgan fingerprint density at radius 2 is 1.93 bits per heavy atom. The number of hydrogen-bond donors (Lipinski definition) is 2. The van der Waals surface area contributed by atoms with Gasteiger partial charge in [-0.3, -0.25) is 24.2 Å². The zero-order chi connectivity index (χ0) is 29.8. The Morgan fingerprint density at radius 1 is 1.24 bits per heavy atom. The predicted octanol–water partition coefficient (Wildman–Crippen LogP) is -3.41. The Bertz CT molecular complexity index is 1450. The van der Waals surface area contributed by atoms with Crippen LogP contribution in [0.1, 0.15) is 25.5 Å². The summed E-state index contributed by atoms with van der Waals surface area (Å²) in [6, 6.07) is 5.27. The maximum atomic E-state index is 13.4. The van der Waals surface area contributed by atoms with E-state index in [0.29, 0.717) is 21.9 Å². The number of fused-ring (bicyclic) bond motifs is 1. The Labute approximate surface area is 272 Å². The van der Waals surface area contributed by atoms with Crippen molar-refractivity contribution in [2.24, 2.45) is 7.05 Å². The number of carboxylic acids is 1. The summed E-state index contributed by atoms with van der Waals surface area (Å²) < 4.78 is 1.44. The first-order chi connectivity index (χ1) is 19.5. The van der Waals surface area contributed by atoms with E-state index in [1.165, 1.54) is 41.3 Å². The van der Waals surface area contributed by atoms with Crippen molar-refractivity contribution in [1.82, 2.24) is 40.6 Å². The quantitative estimate of drug-likeness (QED) is 0.123. The number of hydrogen-bond acceptors (Lipinski definition) is 11. The van der Waals surface area contributed by atoms with Crippen molar-refractivity contribution in [3.05, 3.63) is 58.8 Å². The monoisotopic (exact) mass is 622 g/mol. The number of carbonyl (C=O) groups is 5. The van der Waals surface area contributed by atoms with E-state index in [1.54, 1.807) is 51.2 Å². The third-order valence-electron chi connectivity index (χ3n) is 6.21. The molecule has 0 bridgehead atoms. The molecular weight excluding hydrogens is 595 g/mol. The van der Waals surface area contributed by atoms with E-state index in [-0.39, 0.29) is 46.8 Å².